The number of carbonyl (C=O) groups excluding carboxylic acids is 1. The molecule has 1 aliphatic heterocycles. The second kappa shape index (κ2) is 15.5. The average molecular weight is 836 g/mol. The summed E-state index contributed by atoms with van der Waals surface area (Å²) in [6, 6.07) is 23.5. The molecule has 0 amide bonds. The monoisotopic (exact) mass is 833 g/mol. The first-order valence-electron chi connectivity index (χ1n) is 15.5. The molecule has 0 spiro atoms. The van der Waals surface area contributed by atoms with Gasteiger partial charge in [0, 0.05) is 17.7 Å². The van der Waals surface area contributed by atoms with Crippen molar-refractivity contribution in [2.24, 2.45) is 4.99 Å². The Hall–Kier alpha value is -5.05. The Morgan fingerprint density at radius 1 is 0.980 bits per heavy atom. The average Bonchev–Trinajstić information content (AvgIpc) is 3.44. The summed E-state index contributed by atoms with van der Waals surface area (Å²) in [5.41, 5.74) is 3.02. The number of fused-ring (bicyclic) bond motifs is 1. The third-order valence-electron chi connectivity index (χ3n) is 7.95. The van der Waals surface area contributed by atoms with Gasteiger partial charge in [-0.3, -0.25) is 19.5 Å². The zero-order chi connectivity index (χ0) is 36.2. The Kier molecular flexibility index (Phi) is 10.8. The van der Waals surface area contributed by atoms with Gasteiger partial charge in [-0.1, -0.05) is 47.7 Å². The van der Waals surface area contributed by atoms with Crippen LogP contribution in [-0.4, -0.2) is 36.3 Å². The molecular weight excluding hydrogens is 806 g/mol. The fourth-order valence-corrected chi connectivity index (χ4v) is 8.05. The van der Waals surface area contributed by atoms with Crippen molar-refractivity contribution in [1.29, 1.82) is 0 Å². The van der Waals surface area contributed by atoms with Gasteiger partial charge >= 0.3 is 5.97 Å². The molecule has 0 unspecified atom stereocenters. The van der Waals surface area contributed by atoms with Crippen LogP contribution in [-0.2, 0) is 16.1 Å². The number of halogens is 2. The summed E-state index contributed by atoms with van der Waals surface area (Å²) in [6.07, 6.45) is 1.75. The third-order valence-corrected chi connectivity index (χ3v) is 10.1. The summed E-state index contributed by atoms with van der Waals surface area (Å²) in [5, 5.41) is 11.0. The number of non-ortho nitro benzene ring substituents is 1. The van der Waals surface area contributed by atoms with Crippen molar-refractivity contribution in [3.63, 3.8) is 0 Å². The number of hydrogen-bond donors (Lipinski definition) is 0. The Morgan fingerprint density at radius 3 is 2.29 bits per heavy atom. The number of aromatic nitrogens is 1. The fraction of sp³-hybridized carbons (Fsp3) is 0.162. The number of carbonyl (C=O) groups is 1. The first-order chi connectivity index (χ1) is 24.6. The van der Waals surface area contributed by atoms with Gasteiger partial charge in [0.15, 0.2) is 16.3 Å². The molecule has 1 aromatic heterocycles. The number of esters is 1. The van der Waals surface area contributed by atoms with E-state index in [1.807, 2.05) is 42.5 Å². The van der Waals surface area contributed by atoms with E-state index in [0.29, 0.717) is 57.9 Å². The smallest absolute Gasteiger partial charge is 0.338 e. The number of thiazole rings is 1. The van der Waals surface area contributed by atoms with Crippen LogP contribution in [0.1, 0.15) is 35.2 Å². The van der Waals surface area contributed by atoms with Gasteiger partial charge in [0.1, 0.15) is 12.4 Å². The molecule has 1 atom stereocenters. The number of ether oxygens (including phenoxy) is 4. The molecule has 51 heavy (non-hydrogen) atoms. The molecule has 6 rings (SSSR count). The predicted molar refractivity (Wildman–Crippen MR) is 200 cm³/mol. The van der Waals surface area contributed by atoms with Crippen molar-refractivity contribution < 1.29 is 28.7 Å². The highest BCUT2D eigenvalue weighted by molar-refractivity contribution is 9.11. The summed E-state index contributed by atoms with van der Waals surface area (Å²) in [4.78, 5) is 44.0. The van der Waals surface area contributed by atoms with Gasteiger partial charge in [0.05, 0.1) is 56.5 Å². The lowest BCUT2D eigenvalue weighted by molar-refractivity contribution is -0.384. The highest BCUT2D eigenvalue weighted by Crippen LogP contribution is 2.39. The van der Waals surface area contributed by atoms with Gasteiger partial charge in [-0.2, -0.15) is 0 Å². The Balaban J connectivity index is 1.46. The number of rotatable bonds is 11. The van der Waals surface area contributed by atoms with Gasteiger partial charge in [0.25, 0.3) is 11.2 Å². The highest BCUT2D eigenvalue weighted by Gasteiger charge is 2.35. The third kappa shape index (κ3) is 7.39. The van der Waals surface area contributed by atoms with Gasteiger partial charge in [-0.05, 0) is 97.9 Å². The molecule has 260 valence electrons. The van der Waals surface area contributed by atoms with E-state index in [2.05, 4.69) is 31.9 Å². The molecule has 11 nitrogen and oxygen atoms in total. The fourth-order valence-electron chi connectivity index (χ4n) is 5.60. The Bertz CT molecular complexity index is 2330. The zero-order valence-corrected chi connectivity index (χ0v) is 31.4. The maximum absolute atomic E-state index is 14.4. The molecular formula is C37H29Br2N3O8S. The van der Waals surface area contributed by atoms with Crippen molar-refractivity contribution >= 4 is 66.6 Å². The van der Waals surface area contributed by atoms with Crippen molar-refractivity contribution in [3.05, 3.63) is 152 Å². The number of nitro groups is 1. The molecule has 0 saturated carbocycles. The van der Waals surface area contributed by atoms with Crippen molar-refractivity contribution in [3.8, 4) is 17.2 Å². The number of hydrogen-bond acceptors (Lipinski definition) is 10. The molecule has 0 radical (unpaired) electrons. The van der Waals surface area contributed by atoms with Gasteiger partial charge in [-0.15, -0.1) is 0 Å². The van der Waals surface area contributed by atoms with Crippen LogP contribution in [0.15, 0.2) is 109 Å². The quantitative estimate of drug-likeness (QED) is 0.0793. The summed E-state index contributed by atoms with van der Waals surface area (Å²) >= 11 is 8.37. The van der Waals surface area contributed by atoms with Gasteiger partial charge in [0.2, 0.25) is 0 Å². The molecule has 1 aliphatic rings. The molecule has 0 aliphatic carbocycles. The lowest BCUT2D eigenvalue weighted by Crippen LogP contribution is -2.40. The summed E-state index contributed by atoms with van der Waals surface area (Å²) in [7, 11) is 3.05. The number of nitro benzene ring substituents is 1. The van der Waals surface area contributed by atoms with Gasteiger partial charge < -0.3 is 18.9 Å². The van der Waals surface area contributed by atoms with E-state index in [-0.39, 0.29) is 30.0 Å². The standard InChI is InChI=1S/C37H29Br2N3O8S/c1-4-49-36(44)31-32(23-8-6-5-7-9-23)40-37-41(33(31)24-12-15-28(47-2)29(19-24)48-3)35(43)30(51-37)18-22-16-26(38)34(27(39)17-22)50-20-21-10-13-25(14-11-21)42(45)46/h5-19,33H,4,20H2,1-3H3/b30-18-/t33-/m0/s1. The number of methoxy groups -OCH3 is 2. The number of nitrogens with zero attached hydrogens (tertiary/aromatic N) is 3. The second-order valence-electron chi connectivity index (χ2n) is 11.1. The Labute approximate surface area is 312 Å². The molecule has 5 aromatic rings. The summed E-state index contributed by atoms with van der Waals surface area (Å²) < 4.78 is 25.8. The van der Waals surface area contributed by atoms with Crippen LogP contribution in [0.4, 0.5) is 5.69 Å². The van der Waals surface area contributed by atoms with Gasteiger partial charge in [-0.25, -0.2) is 9.79 Å². The van der Waals surface area contributed by atoms with Crippen LogP contribution < -0.4 is 29.1 Å². The van der Waals surface area contributed by atoms with Crippen LogP contribution in [0.25, 0.3) is 11.8 Å². The van der Waals surface area contributed by atoms with Crippen LogP contribution >= 0.6 is 43.2 Å². The van der Waals surface area contributed by atoms with E-state index in [0.717, 1.165) is 5.56 Å². The van der Waals surface area contributed by atoms with Crippen LogP contribution in [0, 0.1) is 10.1 Å². The summed E-state index contributed by atoms with van der Waals surface area (Å²) in [6.45, 7) is 2.03. The lowest BCUT2D eigenvalue weighted by Gasteiger charge is -2.26. The topological polar surface area (TPSA) is 131 Å². The normalized spacial score (nSPS) is 14.1. The molecule has 0 fully saturated rings. The van der Waals surface area contributed by atoms with Crippen LogP contribution in [0.2, 0.25) is 0 Å². The van der Waals surface area contributed by atoms with E-state index >= 15 is 0 Å². The molecule has 0 bridgehead atoms. The first kappa shape index (κ1) is 35.8. The molecule has 14 heteroatoms. The largest absolute Gasteiger partial charge is 0.493 e. The maximum Gasteiger partial charge on any atom is 0.338 e. The summed E-state index contributed by atoms with van der Waals surface area (Å²) in [5.74, 6) is 0.859. The molecule has 2 heterocycles. The van der Waals surface area contributed by atoms with E-state index in [9.17, 15) is 19.7 Å². The van der Waals surface area contributed by atoms with E-state index in [4.69, 9.17) is 23.9 Å². The van der Waals surface area contributed by atoms with Crippen molar-refractivity contribution in [2.75, 3.05) is 20.8 Å². The maximum atomic E-state index is 14.4. The second-order valence-corrected chi connectivity index (χ2v) is 13.8. The lowest BCUT2D eigenvalue weighted by atomic mass is 9.93. The minimum absolute atomic E-state index is 0.000744. The first-order valence-corrected chi connectivity index (χ1v) is 17.9. The van der Waals surface area contributed by atoms with Crippen LogP contribution in [0.3, 0.4) is 0 Å². The minimum Gasteiger partial charge on any atom is -0.493 e. The minimum atomic E-state index is -0.897. The molecule has 0 saturated heterocycles. The van der Waals surface area contributed by atoms with Crippen LogP contribution in [0.5, 0.6) is 17.2 Å². The predicted octanol–water partition coefficient (Wildman–Crippen LogP) is 6.97. The SMILES string of the molecule is CCOC(=O)C1=C(c2ccccc2)N=c2s/c(=C\c3cc(Br)c(OCc4ccc([N+](=O)[O-])cc4)c(Br)c3)c(=O)n2[C@H]1c1ccc(OC)c(OC)c1. The van der Waals surface area contributed by atoms with Crippen molar-refractivity contribution in [2.45, 2.75) is 19.6 Å². The van der Waals surface area contributed by atoms with E-state index in [1.165, 1.54) is 42.3 Å². The molecule has 0 N–H and O–H groups in total. The number of benzene rings is 4. The van der Waals surface area contributed by atoms with E-state index in [1.54, 1.807) is 43.3 Å². The van der Waals surface area contributed by atoms with E-state index < -0.39 is 16.9 Å². The van der Waals surface area contributed by atoms with Crippen molar-refractivity contribution in [1.82, 2.24) is 4.57 Å². The molecule has 4 aromatic carbocycles. The zero-order valence-electron chi connectivity index (χ0n) is 27.4. The Morgan fingerprint density at radius 2 is 1.67 bits per heavy atom. The highest BCUT2D eigenvalue weighted by atomic mass is 79.9.